The van der Waals surface area contributed by atoms with E-state index in [2.05, 4.69) is 4.98 Å². The number of aromatic amines is 1. The fraction of sp³-hybridized carbons (Fsp3) is 0. The highest BCUT2D eigenvalue weighted by molar-refractivity contribution is 6.33. The van der Waals surface area contributed by atoms with E-state index in [9.17, 15) is 4.79 Å². The molecule has 0 atom stereocenters. The minimum absolute atomic E-state index is 0.0585. The van der Waals surface area contributed by atoms with Gasteiger partial charge in [0.05, 0.1) is 5.56 Å². The fourth-order valence-corrected chi connectivity index (χ4v) is 1.48. The third-order valence-corrected chi connectivity index (χ3v) is 2.29. The van der Waals surface area contributed by atoms with E-state index in [0.717, 1.165) is 0 Å². The molecule has 0 amide bonds. The van der Waals surface area contributed by atoms with Gasteiger partial charge in [0.15, 0.2) is 5.78 Å². The van der Waals surface area contributed by atoms with E-state index >= 15 is 0 Å². The molecule has 0 unspecified atom stereocenters. The highest BCUT2D eigenvalue weighted by Gasteiger charge is 2.12. The number of hydrogen-bond donors (Lipinski definition) is 1. The Hall–Kier alpha value is -1.54. The molecule has 0 aliphatic rings. The van der Waals surface area contributed by atoms with E-state index in [1.165, 1.54) is 0 Å². The molecule has 0 saturated carbocycles. The average Bonchev–Trinajstić information content (AvgIpc) is 2.65. The van der Waals surface area contributed by atoms with Gasteiger partial charge in [0.2, 0.25) is 0 Å². The Bertz CT molecular complexity index is 447. The van der Waals surface area contributed by atoms with Crippen LogP contribution in [0.2, 0.25) is 5.15 Å². The molecule has 1 aromatic carbocycles. The first-order valence-corrected chi connectivity index (χ1v) is 4.59. The van der Waals surface area contributed by atoms with Crippen LogP contribution in [-0.4, -0.2) is 10.8 Å². The maximum atomic E-state index is 11.8. The molecule has 14 heavy (non-hydrogen) atoms. The summed E-state index contributed by atoms with van der Waals surface area (Å²) in [6.45, 7) is 0. The quantitative estimate of drug-likeness (QED) is 0.752. The van der Waals surface area contributed by atoms with Crippen molar-refractivity contribution in [1.29, 1.82) is 0 Å². The number of halogens is 1. The van der Waals surface area contributed by atoms with E-state index < -0.39 is 0 Å². The van der Waals surface area contributed by atoms with E-state index in [0.29, 0.717) is 16.3 Å². The largest absolute Gasteiger partial charge is 0.352 e. The molecule has 1 N–H and O–H groups in total. The summed E-state index contributed by atoms with van der Waals surface area (Å²) >= 11 is 5.81. The lowest BCUT2D eigenvalue weighted by Crippen LogP contribution is -1.99. The number of carbonyl (C=O) groups is 1. The van der Waals surface area contributed by atoms with Crippen LogP contribution in [0.25, 0.3) is 0 Å². The SMILES string of the molecule is O=C(c1ccccc1)c1cc[nH]c1Cl. The first-order valence-electron chi connectivity index (χ1n) is 4.21. The van der Waals surface area contributed by atoms with Crippen LogP contribution in [0.3, 0.4) is 0 Å². The molecule has 3 heteroatoms. The zero-order chi connectivity index (χ0) is 9.97. The van der Waals surface area contributed by atoms with Crippen molar-refractivity contribution in [1.82, 2.24) is 4.98 Å². The van der Waals surface area contributed by atoms with Crippen molar-refractivity contribution < 1.29 is 4.79 Å². The van der Waals surface area contributed by atoms with Gasteiger partial charge < -0.3 is 4.98 Å². The molecule has 0 saturated heterocycles. The molecule has 2 nitrogen and oxygen atoms in total. The average molecular weight is 206 g/mol. The standard InChI is InChI=1S/C11H8ClNO/c12-11-9(6-7-13-11)10(14)8-4-2-1-3-5-8/h1-7,13H. The van der Waals surface area contributed by atoms with Gasteiger partial charge in [-0.2, -0.15) is 0 Å². The number of aromatic nitrogens is 1. The number of hydrogen-bond acceptors (Lipinski definition) is 1. The summed E-state index contributed by atoms with van der Waals surface area (Å²) in [6.07, 6.45) is 1.65. The molecule has 0 fully saturated rings. The number of rotatable bonds is 2. The second-order valence-electron chi connectivity index (χ2n) is 2.90. The summed E-state index contributed by atoms with van der Waals surface area (Å²) in [4.78, 5) is 14.6. The molecule has 0 radical (unpaired) electrons. The Morgan fingerprint density at radius 2 is 1.86 bits per heavy atom. The highest BCUT2D eigenvalue weighted by atomic mass is 35.5. The summed E-state index contributed by atoms with van der Waals surface area (Å²) in [5, 5.41) is 0.388. The Labute approximate surface area is 86.5 Å². The van der Waals surface area contributed by atoms with Gasteiger partial charge in [-0.1, -0.05) is 41.9 Å². The van der Waals surface area contributed by atoms with Gasteiger partial charge in [0, 0.05) is 11.8 Å². The van der Waals surface area contributed by atoms with Crippen molar-refractivity contribution in [3.63, 3.8) is 0 Å². The normalized spacial score (nSPS) is 10.1. The van der Waals surface area contributed by atoms with E-state index in [1.54, 1.807) is 24.4 Å². The summed E-state index contributed by atoms with van der Waals surface area (Å²) in [5.74, 6) is -0.0585. The lowest BCUT2D eigenvalue weighted by atomic mass is 10.1. The molecule has 2 aromatic rings. The monoisotopic (exact) mass is 205 g/mol. The number of nitrogens with one attached hydrogen (secondary N) is 1. The van der Waals surface area contributed by atoms with Gasteiger partial charge in [0.1, 0.15) is 5.15 Å². The first kappa shape index (κ1) is 9.03. The van der Waals surface area contributed by atoms with Crippen LogP contribution in [0.1, 0.15) is 15.9 Å². The molecular weight excluding hydrogens is 198 g/mol. The zero-order valence-corrected chi connectivity index (χ0v) is 8.08. The molecule has 0 bridgehead atoms. The minimum Gasteiger partial charge on any atom is -0.352 e. The van der Waals surface area contributed by atoms with Crippen molar-refractivity contribution >= 4 is 17.4 Å². The topological polar surface area (TPSA) is 32.9 Å². The maximum Gasteiger partial charge on any atom is 0.196 e. The van der Waals surface area contributed by atoms with Gasteiger partial charge in [0.25, 0.3) is 0 Å². The molecule has 0 aliphatic heterocycles. The molecule has 0 aliphatic carbocycles. The number of ketones is 1. The van der Waals surface area contributed by atoms with E-state index in [1.807, 2.05) is 18.2 Å². The third kappa shape index (κ3) is 1.56. The maximum absolute atomic E-state index is 11.8. The minimum atomic E-state index is -0.0585. The fourth-order valence-electron chi connectivity index (χ4n) is 1.27. The molecule has 0 spiro atoms. The Morgan fingerprint density at radius 1 is 1.14 bits per heavy atom. The van der Waals surface area contributed by atoms with Crippen molar-refractivity contribution in [2.75, 3.05) is 0 Å². The van der Waals surface area contributed by atoms with Gasteiger partial charge in [-0.3, -0.25) is 4.79 Å². The van der Waals surface area contributed by atoms with Crippen LogP contribution < -0.4 is 0 Å². The van der Waals surface area contributed by atoms with Gasteiger partial charge in [-0.25, -0.2) is 0 Å². The summed E-state index contributed by atoms with van der Waals surface area (Å²) in [7, 11) is 0. The van der Waals surface area contributed by atoms with Crippen molar-refractivity contribution in [3.8, 4) is 0 Å². The smallest absolute Gasteiger partial charge is 0.196 e. The molecular formula is C11H8ClNO. The summed E-state index contributed by atoms with van der Waals surface area (Å²) in [6, 6.07) is 10.7. The second-order valence-corrected chi connectivity index (χ2v) is 3.28. The molecule has 1 heterocycles. The molecule has 1 aromatic heterocycles. The Morgan fingerprint density at radius 3 is 2.43 bits per heavy atom. The van der Waals surface area contributed by atoms with Gasteiger partial charge >= 0.3 is 0 Å². The van der Waals surface area contributed by atoms with Crippen LogP contribution in [0.15, 0.2) is 42.6 Å². The summed E-state index contributed by atoms with van der Waals surface area (Å²) < 4.78 is 0. The first-order chi connectivity index (χ1) is 6.79. The number of H-pyrrole nitrogens is 1. The van der Waals surface area contributed by atoms with E-state index in [4.69, 9.17) is 11.6 Å². The van der Waals surface area contributed by atoms with Crippen LogP contribution in [0, 0.1) is 0 Å². The van der Waals surface area contributed by atoms with Crippen LogP contribution in [0.4, 0.5) is 0 Å². The van der Waals surface area contributed by atoms with Crippen molar-refractivity contribution in [2.24, 2.45) is 0 Å². The van der Waals surface area contributed by atoms with Crippen LogP contribution in [-0.2, 0) is 0 Å². The second kappa shape index (κ2) is 3.68. The number of carbonyl (C=O) groups excluding carboxylic acids is 1. The van der Waals surface area contributed by atoms with Crippen LogP contribution >= 0.6 is 11.6 Å². The number of benzene rings is 1. The lowest BCUT2D eigenvalue weighted by molar-refractivity contribution is 0.103. The van der Waals surface area contributed by atoms with Gasteiger partial charge in [-0.05, 0) is 6.07 Å². The van der Waals surface area contributed by atoms with Crippen LogP contribution in [0.5, 0.6) is 0 Å². The lowest BCUT2D eigenvalue weighted by Gasteiger charge is -1.97. The third-order valence-electron chi connectivity index (χ3n) is 1.98. The predicted octanol–water partition coefficient (Wildman–Crippen LogP) is 2.90. The van der Waals surface area contributed by atoms with Crippen molar-refractivity contribution in [2.45, 2.75) is 0 Å². The Balaban J connectivity index is 2.39. The predicted molar refractivity (Wildman–Crippen MR) is 55.7 cm³/mol. The van der Waals surface area contributed by atoms with Crippen molar-refractivity contribution in [3.05, 3.63) is 58.9 Å². The summed E-state index contributed by atoms with van der Waals surface area (Å²) in [5.41, 5.74) is 1.16. The van der Waals surface area contributed by atoms with Gasteiger partial charge in [-0.15, -0.1) is 0 Å². The molecule has 70 valence electrons. The van der Waals surface area contributed by atoms with E-state index in [-0.39, 0.29) is 5.78 Å². The Kier molecular flexibility index (Phi) is 2.37. The zero-order valence-electron chi connectivity index (χ0n) is 7.33. The highest BCUT2D eigenvalue weighted by Crippen LogP contribution is 2.17. The molecule has 2 rings (SSSR count).